The zero-order valence-corrected chi connectivity index (χ0v) is 15.1. The van der Waals surface area contributed by atoms with Gasteiger partial charge in [0.15, 0.2) is 5.95 Å². The summed E-state index contributed by atoms with van der Waals surface area (Å²) in [6, 6.07) is 6.21. The Morgan fingerprint density at radius 1 is 1.08 bits per heavy atom. The van der Waals surface area contributed by atoms with Crippen LogP contribution in [0.2, 0.25) is 10.0 Å². The highest BCUT2D eigenvalue weighted by molar-refractivity contribution is 6.35. The van der Waals surface area contributed by atoms with Gasteiger partial charge >= 0.3 is 0 Å². The van der Waals surface area contributed by atoms with Crippen molar-refractivity contribution in [3.63, 3.8) is 0 Å². The Morgan fingerprint density at radius 3 is 2.15 bits per heavy atom. The first-order valence-corrected chi connectivity index (χ1v) is 7.66. The summed E-state index contributed by atoms with van der Waals surface area (Å²) >= 11 is 11.7. The van der Waals surface area contributed by atoms with E-state index in [-0.39, 0.29) is 50.9 Å². The molecule has 3 aromatic rings. The van der Waals surface area contributed by atoms with E-state index in [1.54, 1.807) is 0 Å². The number of amides is 1. The molecule has 0 atom stereocenters. The van der Waals surface area contributed by atoms with Gasteiger partial charge in [0.2, 0.25) is 0 Å². The average molecular weight is 420 g/mol. The highest BCUT2D eigenvalue weighted by Crippen LogP contribution is 2.28. The number of nitrogen functional groups attached to an aromatic ring is 1. The number of imidazole rings is 1. The Balaban J connectivity index is 0.00000243. The number of H-pyrrole nitrogens is 1. The highest BCUT2D eigenvalue weighted by atomic mass is 35.5. The van der Waals surface area contributed by atoms with Gasteiger partial charge in [-0.05, 0) is 30.3 Å². The van der Waals surface area contributed by atoms with E-state index in [0.717, 1.165) is 12.1 Å². The van der Waals surface area contributed by atoms with E-state index < -0.39 is 17.5 Å². The molecule has 5 nitrogen and oxygen atoms in total. The van der Waals surface area contributed by atoms with Gasteiger partial charge in [0.25, 0.3) is 5.91 Å². The standard InChI is InChI=1S/C16H10Cl2F2N4O.ClH/c17-8-1-7(2-9(18)3-8)15(25)23-10-4-11(19)14(12(20)5-10)13-6-22-16(21)24-13;/h1-6H,(H,23,25)(H3,21,22,24);1H. The number of nitrogens with two attached hydrogens (primary N) is 1. The molecule has 4 N–H and O–H groups in total. The van der Waals surface area contributed by atoms with Gasteiger partial charge in [0.1, 0.15) is 11.6 Å². The third-order valence-electron chi connectivity index (χ3n) is 3.29. The molecule has 2 aromatic carbocycles. The molecule has 26 heavy (non-hydrogen) atoms. The third-order valence-corrected chi connectivity index (χ3v) is 3.73. The van der Waals surface area contributed by atoms with Crippen LogP contribution in [-0.2, 0) is 0 Å². The topological polar surface area (TPSA) is 83.8 Å². The molecule has 0 radical (unpaired) electrons. The highest BCUT2D eigenvalue weighted by Gasteiger charge is 2.17. The first-order valence-electron chi connectivity index (χ1n) is 6.91. The Kier molecular flexibility index (Phi) is 6.07. The summed E-state index contributed by atoms with van der Waals surface area (Å²) in [7, 11) is 0. The van der Waals surface area contributed by atoms with E-state index in [2.05, 4.69) is 15.3 Å². The minimum atomic E-state index is -0.886. The van der Waals surface area contributed by atoms with Crippen molar-refractivity contribution in [2.75, 3.05) is 11.1 Å². The van der Waals surface area contributed by atoms with Gasteiger partial charge in [-0.1, -0.05) is 23.2 Å². The van der Waals surface area contributed by atoms with Crippen molar-refractivity contribution in [3.8, 4) is 11.3 Å². The number of benzene rings is 2. The second kappa shape index (κ2) is 7.90. The molecule has 0 spiro atoms. The fourth-order valence-electron chi connectivity index (χ4n) is 2.25. The van der Waals surface area contributed by atoms with Crippen molar-refractivity contribution in [2.45, 2.75) is 0 Å². The van der Waals surface area contributed by atoms with Crippen molar-refractivity contribution in [2.24, 2.45) is 0 Å². The molecule has 0 unspecified atom stereocenters. The number of nitrogens with zero attached hydrogens (tertiary/aromatic N) is 1. The number of anilines is 2. The lowest BCUT2D eigenvalue weighted by atomic mass is 10.1. The summed E-state index contributed by atoms with van der Waals surface area (Å²) in [4.78, 5) is 18.4. The smallest absolute Gasteiger partial charge is 0.255 e. The van der Waals surface area contributed by atoms with Gasteiger partial charge in [-0.25, -0.2) is 13.8 Å². The van der Waals surface area contributed by atoms with E-state index in [1.807, 2.05) is 0 Å². The maximum Gasteiger partial charge on any atom is 0.255 e. The molecule has 0 saturated carbocycles. The number of hydrogen-bond acceptors (Lipinski definition) is 3. The van der Waals surface area contributed by atoms with Crippen LogP contribution in [0.5, 0.6) is 0 Å². The summed E-state index contributed by atoms with van der Waals surface area (Å²) in [5.74, 6) is -2.35. The molecule has 0 fully saturated rings. The van der Waals surface area contributed by atoms with Gasteiger partial charge < -0.3 is 16.0 Å². The SMILES string of the molecule is Cl.Nc1ncc(-c2c(F)cc(NC(=O)c3cc(Cl)cc(Cl)c3)cc2F)[nH]1. The fraction of sp³-hybridized carbons (Fsp3) is 0. The van der Waals surface area contributed by atoms with E-state index in [9.17, 15) is 13.6 Å². The summed E-state index contributed by atoms with van der Waals surface area (Å²) in [6.07, 6.45) is 1.21. The molecular weight excluding hydrogens is 409 g/mol. The molecule has 1 amide bonds. The second-order valence-electron chi connectivity index (χ2n) is 5.11. The molecule has 0 aliphatic carbocycles. The van der Waals surface area contributed by atoms with Gasteiger partial charge in [-0.3, -0.25) is 4.79 Å². The molecule has 10 heteroatoms. The van der Waals surface area contributed by atoms with Gasteiger partial charge in [0.05, 0.1) is 17.5 Å². The number of rotatable bonds is 3. The predicted octanol–water partition coefficient (Wildman–Crippen LogP) is 4.92. The van der Waals surface area contributed by atoms with Crippen LogP contribution in [0.4, 0.5) is 20.4 Å². The Morgan fingerprint density at radius 2 is 1.65 bits per heavy atom. The number of hydrogen-bond donors (Lipinski definition) is 3. The molecule has 0 aliphatic heterocycles. The quantitative estimate of drug-likeness (QED) is 0.563. The number of carbonyl (C=O) groups excluding carboxylic acids is 1. The zero-order valence-electron chi connectivity index (χ0n) is 12.8. The molecule has 1 aromatic heterocycles. The van der Waals surface area contributed by atoms with E-state index in [4.69, 9.17) is 28.9 Å². The van der Waals surface area contributed by atoms with E-state index in [1.165, 1.54) is 24.4 Å². The third kappa shape index (κ3) is 4.24. The lowest BCUT2D eigenvalue weighted by Gasteiger charge is -2.09. The van der Waals surface area contributed by atoms with Crippen molar-refractivity contribution in [1.29, 1.82) is 0 Å². The summed E-state index contributed by atoms with van der Waals surface area (Å²) in [5.41, 5.74) is 5.27. The monoisotopic (exact) mass is 418 g/mol. The number of aromatic amines is 1. The largest absolute Gasteiger partial charge is 0.369 e. The number of carbonyl (C=O) groups is 1. The lowest BCUT2D eigenvalue weighted by molar-refractivity contribution is 0.102. The first kappa shape index (κ1) is 20.0. The maximum atomic E-state index is 14.3. The maximum absolute atomic E-state index is 14.3. The minimum Gasteiger partial charge on any atom is -0.369 e. The predicted molar refractivity (Wildman–Crippen MR) is 100 cm³/mol. The summed E-state index contributed by atoms with van der Waals surface area (Å²) in [5, 5.41) is 2.92. The van der Waals surface area contributed by atoms with Crippen LogP contribution in [0, 0.1) is 11.6 Å². The van der Waals surface area contributed by atoms with Gasteiger partial charge in [-0.2, -0.15) is 0 Å². The van der Waals surface area contributed by atoms with Crippen LogP contribution in [0.1, 0.15) is 10.4 Å². The number of nitrogens with one attached hydrogen (secondary N) is 2. The van der Waals surface area contributed by atoms with Crippen LogP contribution in [-0.4, -0.2) is 15.9 Å². The fourth-order valence-corrected chi connectivity index (χ4v) is 2.78. The van der Waals surface area contributed by atoms with Crippen molar-refractivity contribution in [1.82, 2.24) is 9.97 Å². The van der Waals surface area contributed by atoms with E-state index >= 15 is 0 Å². The molecule has 0 saturated heterocycles. The molecule has 0 aliphatic rings. The summed E-state index contributed by atoms with van der Waals surface area (Å²) in [6.45, 7) is 0. The van der Waals surface area contributed by atoms with Crippen molar-refractivity contribution >= 4 is 53.2 Å². The minimum absolute atomic E-state index is 0. The molecule has 1 heterocycles. The van der Waals surface area contributed by atoms with Crippen LogP contribution >= 0.6 is 35.6 Å². The first-order chi connectivity index (χ1) is 11.8. The van der Waals surface area contributed by atoms with Gasteiger partial charge in [0, 0.05) is 21.3 Å². The Labute approximate surface area is 162 Å². The molecular formula is C16H11Cl3F2N4O. The molecule has 136 valence electrons. The number of aromatic nitrogens is 2. The average Bonchev–Trinajstić information content (AvgIpc) is 2.91. The van der Waals surface area contributed by atoms with Crippen LogP contribution in [0.25, 0.3) is 11.3 Å². The Hall–Kier alpha value is -2.35. The molecule has 3 rings (SSSR count). The van der Waals surface area contributed by atoms with Crippen molar-refractivity contribution < 1.29 is 13.6 Å². The number of halogens is 5. The normalized spacial score (nSPS) is 10.3. The van der Waals surface area contributed by atoms with Crippen LogP contribution < -0.4 is 11.1 Å². The molecule has 0 bridgehead atoms. The summed E-state index contributed by atoms with van der Waals surface area (Å²) < 4.78 is 28.5. The van der Waals surface area contributed by atoms with E-state index in [0.29, 0.717) is 0 Å². The van der Waals surface area contributed by atoms with Gasteiger partial charge in [-0.15, -0.1) is 12.4 Å². The Bertz CT molecular complexity index is 935. The zero-order chi connectivity index (χ0) is 18.1. The van der Waals surface area contributed by atoms with Crippen LogP contribution in [0.15, 0.2) is 36.5 Å². The second-order valence-corrected chi connectivity index (χ2v) is 5.98. The lowest BCUT2D eigenvalue weighted by Crippen LogP contribution is -2.12. The van der Waals surface area contributed by atoms with Crippen LogP contribution in [0.3, 0.4) is 0 Å². The van der Waals surface area contributed by atoms with Crippen molar-refractivity contribution in [3.05, 3.63) is 63.8 Å².